The standard InChI is InChI=1S/C22H33N3O6S/c1-2-30-22(27)19-7-8-20(31-19)32(28,29)24-14-9-17(10-15-24)21(26)25-13-5-6-18(25)16-23-11-3-4-12-23/h7-8,17-18H,2-6,9-16H2,1H3. The fourth-order valence-corrected chi connectivity index (χ4v) is 6.44. The van der Waals surface area contributed by atoms with Gasteiger partial charge in [0.15, 0.2) is 0 Å². The molecule has 3 aliphatic heterocycles. The van der Waals surface area contributed by atoms with E-state index in [-0.39, 0.29) is 48.4 Å². The number of carbonyl (C=O) groups is 2. The number of piperidine rings is 1. The number of carbonyl (C=O) groups excluding carboxylic acids is 2. The highest BCUT2D eigenvalue weighted by molar-refractivity contribution is 7.89. The molecule has 178 valence electrons. The number of hydrogen-bond acceptors (Lipinski definition) is 7. The number of rotatable bonds is 7. The van der Waals surface area contributed by atoms with E-state index in [1.165, 1.54) is 29.3 Å². The molecule has 0 saturated carbocycles. The van der Waals surface area contributed by atoms with E-state index < -0.39 is 16.0 Å². The average molecular weight is 468 g/mol. The first-order valence-corrected chi connectivity index (χ1v) is 13.1. The number of furan rings is 1. The van der Waals surface area contributed by atoms with Gasteiger partial charge in [-0.3, -0.25) is 4.79 Å². The number of sulfonamides is 1. The van der Waals surface area contributed by atoms with E-state index in [0.717, 1.165) is 39.0 Å². The summed E-state index contributed by atoms with van der Waals surface area (Å²) in [6.45, 7) is 6.38. The lowest BCUT2D eigenvalue weighted by molar-refractivity contribution is -0.137. The summed E-state index contributed by atoms with van der Waals surface area (Å²) in [7, 11) is -3.86. The maximum Gasteiger partial charge on any atom is 0.374 e. The van der Waals surface area contributed by atoms with Crippen molar-refractivity contribution in [1.29, 1.82) is 0 Å². The van der Waals surface area contributed by atoms with Crippen LogP contribution in [0.4, 0.5) is 0 Å². The summed E-state index contributed by atoms with van der Waals surface area (Å²) in [6.07, 6.45) is 5.57. The molecule has 32 heavy (non-hydrogen) atoms. The van der Waals surface area contributed by atoms with Crippen LogP contribution in [0.25, 0.3) is 0 Å². The predicted octanol–water partition coefficient (Wildman–Crippen LogP) is 1.94. The van der Waals surface area contributed by atoms with E-state index in [9.17, 15) is 18.0 Å². The van der Waals surface area contributed by atoms with Crippen molar-refractivity contribution >= 4 is 21.9 Å². The Morgan fingerprint density at radius 1 is 1.03 bits per heavy atom. The molecule has 3 saturated heterocycles. The lowest BCUT2D eigenvalue weighted by atomic mass is 9.96. The molecule has 9 nitrogen and oxygen atoms in total. The van der Waals surface area contributed by atoms with E-state index in [2.05, 4.69) is 4.90 Å². The van der Waals surface area contributed by atoms with Crippen molar-refractivity contribution in [2.45, 2.75) is 56.6 Å². The van der Waals surface area contributed by atoms with Crippen LogP contribution in [0.15, 0.2) is 21.6 Å². The molecule has 1 aromatic heterocycles. The summed E-state index contributed by atoms with van der Waals surface area (Å²) in [5.41, 5.74) is 0. The first-order valence-electron chi connectivity index (χ1n) is 11.7. The molecule has 0 N–H and O–H groups in total. The minimum absolute atomic E-state index is 0.131. The van der Waals surface area contributed by atoms with E-state index in [1.54, 1.807) is 6.92 Å². The molecule has 10 heteroatoms. The largest absolute Gasteiger partial charge is 0.460 e. The van der Waals surface area contributed by atoms with Gasteiger partial charge in [0.05, 0.1) is 6.61 Å². The number of likely N-dealkylation sites (tertiary alicyclic amines) is 2. The highest BCUT2D eigenvalue weighted by Gasteiger charge is 2.38. The van der Waals surface area contributed by atoms with Crippen LogP contribution in [-0.2, 0) is 19.6 Å². The van der Waals surface area contributed by atoms with Crippen LogP contribution in [0.5, 0.6) is 0 Å². The van der Waals surface area contributed by atoms with Crippen LogP contribution >= 0.6 is 0 Å². The van der Waals surface area contributed by atoms with Crippen molar-refractivity contribution in [3.8, 4) is 0 Å². The first kappa shape index (κ1) is 23.3. The third-order valence-corrected chi connectivity index (χ3v) is 8.56. The zero-order valence-electron chi connectivity index (χ0n) is 18.7. The van der Waals surface area contributed by atoms with Crippen LogP contribution in [0.1, 0.15) is 56.0 Å². The van der Waals surface area contributed by atoms with E-state index in [4.69, 9.17) is 9.15 Å². The fourth-order valence-electron chi connectivity index (χ4n) is 5.05. The summed E-state index contributed by atoms with van der Waals surface area (Å²) in [5.74, 6) is -0.792. The van der Waals surface area contributed by atoms with Crippen LogP contribution in [-0.4, -0.2) is 86.3 Å². The van der Waals surface area contributed by atoms with Gasteiger partial charge in [-0.15, -0.1) is 0 Å². The molecule has 3 fully saturated rings. The van der Waals surface area contributed by atoms with Gasteiger partial charge in [-0.2, -0.15) is 4.31 Å². The molecule has 4 heterocycles. The second-order valence-corrected chi connectivity index (χ2v) is 10.7. The third kappa shape index (κ3) is 4.87. The van der Waals surface area contributed by atoms with Gasteiger partial charge in [-0.25, -0.2) is 13.2 Å². The summed E-state index contributed by atoms with van der Waals surface area (Å²) in [6, 6.07) is 2.88. The molecule has 1 aromatic rings. The molecule has 1 amide bonds. The molecule has 1 atom stereocenters. The number of nitrogens with zero attached hydrogens (tertiary/aromatic N) is 3. The Morgan fingerprint density at radius 2 is 1.75 bits per heavy atom. The Hall–Kier alpha value is -1.91. The number of esters is 1. The van der Waals surface area contributed by atoms with Crippen LogP contribution in [0.3, 0.4) is 0 Å². The van der Waals surface area contributed by atoms with Gasteiger partial charge in [-0.05, 0) is 70.7 Å². The van der Waals surface area contributed by atoms with E-state index in [0.29, 0.717) is 12.8 Å². The summed E-state index contributed by atoms with van der Waals surface area (Å²) >= 11 is 0. The second kappa shape index (κ2) is 9.93. The molecule has 0 spiro atoms. The zero-order chi connectivity index (χ0) is 22.7. The number of ether oxygens (including phenoxy) is 1. The topological polar surface area (TPSA) is 100 Å². The van der Waals surface area contributed by atoms with Gasteiger partial charge < -0.3 is 19.0 Å². The molecule has 0 aromatic carbocycles. The highest BCUT2D eigenvalue weighted by atomic mass is 32.2. The van der Waals surface area contributed by atoms with Crippen LogP contribution in [0, 0.1) is 5.92 Å². The molecular weight excluding hydrogens is 434 g/mol. The van der Waals surface area contributed by atoms with Crippen molar-refractivity contribution in [2.75, 3.05) is 45.9 Å². The van der Waals surface area contributed by atoms with Gasteiger partial charge in [0.25, 0.3) is 10.0 Å². The Labute approximate surface area is 189 Å². The molecule has 0 aliphatic carbocycles. The summed E-state index contributed by atoms with van der Waals surface area (Å²) in [4.78, 5) is 29.5. The van der Waals surface area contributed by atoms with Crippen LogP contribution in [0.2, 0.25) is 0 Å². The number of amides is 1. The lowest BCUT2D eigenvalue weighted by Gasteiger charge is -2.35. The summed E-state index contributed by atoms with van der Waals surface area (Å²) < 4.78 is 37.3. The fraction of sp³-hybridized carbons (Fsp3) is 0.727. The minimum atomic E-state index is -3.86. The van der Waals surface area contributed by atoms with Crippen LogP contribution < -0.4 is 0 Å². The third-order valence-electron chi connectivity index (χ3n) is 6.78. The van der Waals surface area contributed by atoms with Crippen molar-refractivity contribution in [1.82, 2.24) is 14.1 Å². The Bertz CT molecular complexity index is 916. The number of hydrogen-bond donors (Lipinski definition) is 0. The second-order valence-electron chi connectivity index (χ2n) is 8.85. The summed E-state index contributed by atoms with van der Waals surface area (Å²) in [5, 5.41) is -0.268. The van der Waals surface area contributed by atoms with E-state index >= 15 is 0 Å². The van der Waals surface area contributed by atoms with Gasteiger partial charge >= 0.3 is 5.97 Å². The molecular formula is C22H33N3O6S. The predicted molar refractivity (Wildman–Crippen MR) is 117 cm³/mol. The Kier molecular flexibility index (Phi) is 7.21. The van der Waals surface area contributed by atoms with Gasteiger partial charge in [0, 0.05) is 38.1 Å². The average Bonchev–Trinajstić information content (AvgIpc) is 3.56. The van der Waals surface area contributed by atoms with Gasteiger partial charge in [0.1, 0.15) is 0 Å². The zero-order valence-corrected chi connectivity index (χ0v) is 19.5. The van der Waals surface area contributed by atoms with Crippen molar-refractivity contribution < 1.29 is 27.2 Å². The molecule has 3 aliphatic rings. The smallest absolute Gasteiger partial charge is 0.374 e. The molecule has 1 unspecified atom stereocenters. The highest BCUT2D eigenvalue weighted by Crippen LogP contribution is 2.29. The van der Waals surface area contributed by atoms with Gasteiger partial charge in [-0.1, -0.05) is 0 Å². The maximum absolute atomic E-state index is 13.2. The van der Waals surface area contributed by atoms with E-state index in [1.807, 2.05) is 4.90 Å². The monoisotopic (exact) mass is 467 g/mol. The first-order chi connectivity index (χ1) is 15.4. The minimum Gasteiger partial charge on any atom is -0.460 e. The molecule has 0 bridgehead atoms. The normalized spacial score (nSPS) is 23.7. The van der Waals surface area contributed by atoms with Gasteiger partial charge in [0.2, 0.25) is 16.8 Å². The van der Waals surface area contributed by atoms with Crippen molar-refractivity contribution in [3.63, 3.8) is 0 Å². The van der Waals surface area contributed by atoms with Crippen molar-refractivity contribution in [3.05, 3.63) is 17.9 Å². The SMILES string of the molecule is CCOC(=O)c1ccc(S(=O)(=O)N2CCC(C(=O)N3CCCC3CN3CCCC3)CC2)o1. The molecule has 0 radical (unpaired) electrons. The quantitative estimate of drug-likeness (QED) is 0.565. The Morgan fingerprint density at radius 3 is 2.44 bits per heavy atom. The maximum atomic E-state index is 13.2. The molecule has 4 rings (SSSR count). The van der Waals surface area contributed by atoms with Crippen molar-refractivity contribution in [2.24, 2.45) is 5.92 Å². The lowest BCUT2D eigenvalue weighted by Crippen LogP contribution is -2.48. The Balaban J connectivity index is 1.34.